The molecule has 1 amide bonds. The van der Waals surface area contributed by atoms with Crippen molar-refractivity contribution >= 4 is 5.91 Å². The van der Waals surface area contributed by atoms with Crippen LogP contribution in [-0.2, 0) is 6.42 Å². The summed E-state index contributed by atoms with van der Waals surface area (Å²) in [4.78, 5) is 12.1. The van der Waals surface area contributed by atoms with Gasteiger partial charge in [0, 0.05) is 12.2 Å². The molecule has 0 aliphatic heterocycles. The molecule has 1 atom stereocenters. The summed E-state index contributed by atoms with van der Waals surface area (Å²) in [5.41, 5.74) is 1.96. The minimum absolute atomic E-state index is 0.0640. The average Bonchev–Trinajstić information content (AvgIpc) is 3.01. The molecule has 3 N–H and O–H groups in total. The fraction of sp³-hybridized carbons (Fsp3) is 0.444. The average molecular weight is 331 g/mol. The molecule has 0 bridgehead atoms. The topological polar surface area (TPSA) is 87.2 Å². The van der Waals surface area contributed by atoms with Gasteiger partial charge in [-0.15, -0.1) is 0 Å². The monoisotopic (exact) mass is 331 g/mol. The molecule has 0 aliphatic rings. The number of nitrogens with zero attached hydrogens (tertiary/aromatic N) is 1. The molecule has 2 rings (SSSR count). The summed E-state index contributed by atoms with van der Waals surface area (Å²) < 4.78 is 5.61. The molecule has 0 saturated carbocycles. The zero-order valence-electron chi connectivity index (χ0n) is 14.4. The van der Waals surface area contributed by atoms with Crippen LogP contribution < -0.4 is 10.1 Å². The Morgan fingerprint density at radius 2 is 2.17 bits per heavy atom. The molecule has 1 unspecified atom stereocenters. The number of carbonyl (C=O) groups is 1. The van der Waals surface area contributed by atoms with Gasteiger partial charge in [-0.2, -0.15) is 5.10 Å². The van der Waals surface area contributed by atoms with E-state index in [0.717, 1.165) is 18.5 Å². The predicted molar refractivity (Wildman–Crippen MR) is 92.1 cm³/mol. The Kier molecular flexibility index (Phi) is 6.37. The van der Waals surface area contributed by atoms with Crippen molar-refractivity contribution in [1.29, 1.82) is 0 Å². The molecule has 24 heavy (non-hydrogen) atoms. The number of hydrogen-bond acceptors (Lipinski definition) is 4. The normalized spacial score (nSPS) is 12.2. The third kappa shape index (κ3) is 5.09. The molecule has 1 heterocycles. The lowest BCUT2D eigenvalue weighted by Gasteiger charge is -2.14. The first kappa shape index (κ1) is 18.0. The number of hydrogen-bond donors (Lipinski definition) is 3. The Hall–Kier alpha value is -2.34. The Morgan fingerprint density at radius 3 is 2.88 bits per heavy atom. The molecular weight excluding hydrogens is 306 g/mol. The van der Waals surface area contributed by atoms with Gasteiger partial charge in [0.15, 0.2) is 0 Å². The molecule has 0 radical (unpaired) electrons. The fourth-order valence-corrected chi connectivity index (χ4v) is 2.34. The smallest absolute Gasteiger partial charge is 0.271 e. The van der Waals surface area contributed by atoms with E-state index in [4.69, 9.17) is 4.74 Å². The Bertz CT molecular complexity index is 667. The van der Waals surface area contributed by atoms with Crippen LogP contribution in [0.1, 0.15) is 55.0 Å². The first-order chi connectivity index (χ1) is 11.5. The minimum Gasteiger partial charge on any atom is -0.491 e. The molecule has 6 nitrogen and oxygen atoms in total. The van der Waals surface area contributed by atoms with Gasteiger partial charge < -0.3 is 15.2 Å². The van der Waals surface area contributed by atoms with E-state index in [2.05, 4.69) is 22.4 Å². The molecule has 6 heteroatoms. The van der Waals surface area contributed by atoms with Crippen LogP contribution in [0, 0.1) is 0 Å². The van der Waals surface area contributed by atoms with Gasteiger partial charge in [-0.3, -0.25) is 9.89 Å². The highest BCUT2D eigenvalue weighted by molar-refractivity contribution is 5.92. The molecule has 130 valence electrons. The second kappa shape index (κ2) is 8.49. The van der Waals surface area contributed by atoms with Crippen LogP contribution in [0.2, 0.25) is 0 Å². The summed E-state index contributed by atoms with van der Waals surface area (Å²) >= 11 is 0. The number of carbonyl (C=O) groups excluding carboxylic acids is 1. The lowest BCUT2D eigenvalue weighted by Crippen LogP contribution is -2.28. The van der Waals surface area contributed by atoms with Crippen LogP contribution in [0.3, 0.4) is 0 Å². The maximum absolute atomic E-state index is 12.1. The number of aryl methyl sites for hydroxylation is 1. The highest BCUT2D eigenvalue weighted by Gasteiger charge is 2.14. The maximum atomic E-state index is 12.1. The third-order valence-electron chi connectivity index (χ3n) is 3.45. The second-order valence-electron chi connectivity index (χ2n) is 5.99. The predicted octanol–water partition coefficient (Wildman–Crippen LogP) is 2.61. The number of ether oxygens (including phenoxy) is 1. The highest BCUT2D eigenvalue weighted by Crippen LogP contribution is 2.20. The van der Waals surface area contributed by atoms with E-state index in [1.165, 1.54) is 0 Å². The van der Waals surface area contributed by atoms with E-state index in [0.29, 0.717) is 17.0 Å². The summed E-state index contributed by atoms with van der Waals surface area (Å²) in [6.45, 7) is 6.06. The molecule has 2 aromatic rings. The van der Waals surface area contributed by atoms with Crippen molar-refractivity contribution in [2.75, 3.05) is 6.54 Å². The number of nitrogens with one attached hydrogen (secondary N) is 2. The molecule has 1 aromatic heterocycles. The fourth-order valence-electron chi connectivity index (χ4n) is 2.34. The standard InChI is InChI=1S/C18H25N3O3/c1-4-6-14-10-16(21-20-14)18(23)19-11-17(22)13-7-5-8-15(9-13)24-12(2)3/h5,7-10,12,17,22H,4,6,11H2,1-3H3,(H,19,23)(H,20,21). The van der Waals surface area contributed by atoms with E-state index < -0.39 is 6.10 Å². The summed E-state index contributed by atoms with van der Waals surface area (Å²) in [6, 6.07) is 8.99. The van der Waals surface area contributed by atoms with E-state index in [1.807, 2.05) is 26.0 Å². The summed E-state index contributed by atoms with van der Waals surface area (Å²) in [5.74, 6) is 0.395. The van der Waals surface area contributed by atoms with Crippen LogP contribution >= 0.6 is 0 Å². The minimum atomic E-state index is -0.807. The van der Waals surface area contributed by atoms with Crippen molar-refractivity contribution in [3.05, 3.63) is 47.3 Å². The SMILES string of the molecule is CCCc1cc(C(=O)NCC(O)c2cccc(OC(C)C)c2)n[nH]1. The Balaban J connectivity index is 1.92. The first-order valence-corrected chi connectivity index (χ1v) is 8.26. The number of aliphatic hydroxyl groups is 1. The van der Waals surface area contributed by atoms with Crippen LogP contribution in [0.4, 0.5) is 0 Å². The largest absolute Gasteiger partial charge is 0.491 e. The van der Waals surface area contributed by atoms with Crippen molar-refractivity contribution in [3.63, 3.8) is 0 Å². The first-order valence-electron chi connectivity index (χ1n) is 8.26. The summed E-state index contributed by atoms with van der Waals surface area (Å²) in [5, 5.41) is 19.8. The van der Waals surface area contributed by atoms with Gasteiger partial charge >= 0.3 is 0 Å². The number of aromatic nitrogens is 2. The molecule has 0 aliphatic carbocycles. The number of benzene rings is 1. The van der Waals surface area contributed by atoms with Gasteiger partial charge in [-0.05, 0) is 44.0 Å². The van der Waals surface area contributed by atoms with Crippen LogP contribution in [0.15, 0.2) is 30.3 Å². The Labute approximate surface area is 142 Å². The number of aromatic amines is 1. The summed E-state index contributed by atoms with van der Waals surface area (Å²) in [6.07, 6.45) is 1.09. The molecule has 1 aromatic carbocycles. The molecule has 0 fully saturated rings. The lowest BCUT2D eigenvalue weighted by atomic mass is 10.1. The number of rotatable bonds is 8. The van der Waals surface area contributed by atoms with Crippen LogP contribution in [-0.4, -0.2) is 33.9 Å². The zero-order valence-corrected chi connectivity index (χ0v) is 14.4. The maximum Gasteiger partial charge on any atom is 0.271 e. The van der Waals surface area contributed by atoms with Crippen LogP contribution in [0.25, 0.3) is 0 Å². The number of amides is 1. The van der Waals surface area contributed by atoms with Gasteiger partial charge in [-0.25, -0.2) is 0 Å². The van der Waals surface area contributed by atoms with Crippen molar-refractivity contribution in [3.8, 4) is 5.75 Å². The van der Waals surface area contributed by atoms with Crippen molar-refractivity contribution < 1.29 is 14.6 Å². The molecule has 0 spiro atoms. The van der Waals surface area contributed by atoms with Gasteiger partial charge in [0.25, 0.3) is 5.91 Å². The van der Waals surface area contributed by atoms with E-state index in [9.17, 15) is 9.90 Å². The van der Waals surface area contributed by atoms with Crippen molar-refractivity contribution in [1.82, 2.24) is 15.5 Å². The number of aliphatic hydroxyl groups excluding tert-OH is 1. The second-order valence-corrected chi connectivity index (χ2v) is 5.99. The third-order valence-corrected chi connectivity index (χ3v) is 3.45. The molecular formula is C18H25N3O3. The van der Waals surface area contributed by atoms with Gasteiger partial charge in [0.2, 0.25) is 0 Å². The zero-order chi connectivity index (χ0) is 17.5. The molecule has 0 saturated heterocycles. The summed E-state index contributed by atoms with van der Waals surface area (Å²) in [7, 11) is 0. The lowest BCUT2D eigenvalue weighted by molar-refractivity contribution is 0.0911. The number of H-pyrrole nitrogens is 1. The van der Waals surface area contributed by atoms with Gasteiger partial charge in [0.05, 0.1) is 12.2 Å². The van der Waals surface area contributed by atoms with Crippen LogP contribution in [0.5, 0.6) is 5.75 Å². The van der Waals surface area contributed by atoms with E-state index >= 15 is 0 Å². The van der Waals surface area contributed by atoms with Crippen molar-refractivity contribution in [2.45, 2.75) is 45.8 Å². The van der Waals surface area contributed by atoms with Crippen molar-refractivity contribution in [2.24, 2.45) is 0 Å². The van der Waals surface area contributed by atoms with Gasteiger partial charge in [0.1, 0.15) is 11.4 Å². The Morgan fingerprint density at radius 1 is 1.38 bits per heavy atom. The highest BCUT2D eigenvalue weighted by atomic mass is 16.5. The quantitative estimate of drug-likeness (QED) is 0.694. The van der Waals surface area contributed by atoms with E-state index in [1.54, 1.807) is 18.2 Å². The van der Waals surface area contributed by atoms with Gasteiger partial charge in [-0.1, -0.05) is 25.5 Å². The van der Waals surface area contributed by atoms with E-state index in [-0.39, 0.29) is 18.6 Å².